The van der Waals surface area contributed by atoms with Crippen LogP contribution in [0.3, 0.4) is 0 Å². The molecule has 5 nitrogen and oxygen atoms in total. The Morgan fingerprint density at radius 2 is 1.89 bits per heavy atom. The van der Waals surface area contributed by atoms with Gasteiger partial charge in [-0.3, -0.25) is 9.59 Å². The van der Waals surface area contributed by atoms with E-state index < -0.39 is 12.1 Å². The van der Waals surface area contributed by atoms with Crippen molar-refractivity contribution in [2.24, 2.45) is 0 Å². The summed E-state index contributed by atoms with van der Waals surface area (Å²) in [7, 11) is 0. The van der Waals surface area contributed by atoms with E-state index in [1.54, 1.807) is 31.2 Å². The number of nitrogens with one attached hydrogen (secondary N) is 2. The number of amides is 2. The molecule has 0 aliphatic carbocycles. The number of rotatable bonds is 5. The molecular weight excluding hydrogens is 268 g/mol. The summed E-state index contributed by atoms with van der Waals surface area (Å²) in [6, 6.07) is 6.27. The SMILES string of the molecule is CC(=O)NCC(=O)NC(C)C(O)c1ccc(Cl)cc1. The van der Waals surface area contributed by atoms with E-state index in [1.165, 1.54) is 6.92 Å². The molecule has 0 heterocycles. The lowest BCUT2D eigenvalue weighted by atomic mass is 10.0. The van der Waals surface area contributed by atoms with Gasteiger partial charge >= 0.3 is 0 Å². The maximum absolute atomic E-state index is 11.5. The van der Waals surface area contributed by atoms with Crippen molar-refractivity contribution in [1.29, 1.82) is 0 Å². The number of aliphatic hydroxyl groups is 1. The minimum absolute atomic E-state index is 0.104. The molecule has 0 aliphatic heterocycles. The summed E-state index contributed by atoms with van der Waals surface area (Å²) in [5.74, 6) is -0.628. The minimum Gasteiger partial charge on any atom is -0.386 e. The standard InChI is InChI=1S/C13H17ClN2O3/c1-8(16-12(18)7-15-9(2)17)13(19)10-3-5-11(14)6-4-10/h3-6,8,13,19H,7H2,1-2H3,(H,15,17)(H,16,18). The van der Waals surface area contributed by atoms with Crippen LogP contribution in [0.1, 0.15) is 25.5 Å². The van der Waals surface area contributed by atoms with Crippen molar-refractivity contribution in [2.75, 3.05) is 6.54 Å². The summed E-state index contributed by atoms with van der Waals surface area (Å²) in [4.78, 5) is 22.2. The lowest BCUT2D eigenvalue weighted by molar-refractivity contribution is -0.125. The molecule has 0 aliphatic rings. The molecule has 1 aromatic carbocycles. The fourth-order valence-corrected chi connectivity index (χ4v) is 1.66. The second kappa shape index (κ2) is 7.11. The van der Waals surface area contributed by atoms with Gasteiger partial charge in [0.1, 0.15) is 0 Å². The number of benzene rings is 1. The van der Waals surface area contributed by atoms with Crippen molar-refractivity contribution in [1.82, 2.24) is 10.6 Å². The monoisotopic (exact) mass is 284 g/mol. The third kappa shape index (κ3) is 5.28. The normalized spacial score (nSPS) is 13.5. The highest BCUT2D eigenvalue weighted by Crippen LogP contribution is 2.19. The molecule has 104 valence electrons. The first kappa shape index (κ1) is 15.5. The molecule has 1 aromatic rings. The van der Waals surface area contributed by atoms with Gasteiger partial charge in [-0.2, -0.15) is 0 Å². The molecule has 0 fully saturated rings. The van der Waals surface area contributed by atoms with E-state index in [2.05, 4.69) is 10.6 Å². The number of hydrogen-bond acceptors (Lipinski definition) is 3. The van der Waals surface area contributed by atoms with Crippen molar-refractivity contribution in [3.8, 4) is 0 Å². The molecule has 2 atom stereocenters. The van der Waals surface area contributed by atoms with E-state index >= 15 is 0 Å². The molecular formula is C13H17ClN2O3. The van der Waals surface area contributed by atoms with Crippen LogP contribution in [0.15, 0.2) is 24.3 Å². The Hall–Kier alpha value is -1.59. The van der Waals surface area contributed by atoms with Gasteiger partial charge in [0.2, 0.25) is 11.8 Å². The van der Waals surface area contributed by atoms with Gasteiger partial charge in [0.25, 0.3) is 0 Å². The van der Waals surface area contributed by atoms with Crippen molar-refractivity contribution in [3.63, 3.8) is 0 Å². The van der Waals surface area contributed by atoms with Crippen LogP contribution in [0.2, 0.25) is 5.02 Å². The maximum atomic E-state index is 11.5. The van der Waals surface area contributed by atoms with Crippen molar-refractivity contribution in [3.05, 3.63) is 34.9 Å². The molecule has 1 rings (SSSR count). The number of hydrogen-bond donors (Lipinski definition) is 3. The van der Waals surface area contributed by atoms with Crippen LogP contribution in [-0.2, 0) is 9.59 Å². The third-order valence-electron chi connectivity index (χ3n) is 2.57. The van der Waals surface area contributed by atoms with Crippen LogP contribution >= 0.6 is 11.6 Å². The van der Waals surface area contributed by atoms with Gasteiger partial charge < -0.3 is 15.7 Å². The predicted octanol–water partition coefficient (Wildman–Crippen LogP) is 1.01. The highest BCUT2D eigenvalue weighted by atomic mass is 35.5. The predicted molar refractivity (Wildman–Crippen MR) is 72.7 cm³/mol. The van der Waals surface area contributed by atoms with Crippen LogP contribution in [-0.4, -0.2) is 29.5 Å². The molecule has 0 bridgehead atoms. The van der Waals surface area contributed by atoms with Crippen LogP contribution in [0, 0.1) is 0 Å². The van der Waals surface area contributed by atoms with Gasteiger partial charge in [-0.15, -0.1) is 0 Å². The Morgan fingerprint density at radius 1 is 1.32 bits per heavy atom. The van der Waals surface area contributed by atoms with E-state index in [1.807, 2.05) is 0 Å². The van der Waals surface area contributed by atoms with Crippen molar-refractivity contribution in [2.45, 2.75) is 26.0 Å². The summed E-state index contributed by atoms with van der Waals surface area (Å²) >= 11 is 5.76. The summed E-state index contributed by atoms with van der Waals surface area (Å²) in [5.41, 5.74) is 0.664. The Labute approximate surface area is 117 Å². The lowest BCUT2D eigenvalue weighted by Crippen LogP contribution is -2.42. The van der Waals surface area contributed by atoms with E-state index in [0.717, 1.165) is 0 Å². The van der Waals surface area contributed by atoms with Gasteiger partial charge in [0.05, 0.1) is 18.7 Å². The van der Waals surface area contributed by atoms with Crippen LogP contribution < -0.4 is 10.6 Å². The Kier molecular flexibility index (Phi) is 5.79. The van der Waals surface area contributed by atoms with Gasteiger partial charge in [0.15, 0.2) is 0 Å². The third-order valence-corrected chi connectivity index (χ3v) is 2.82. The zero-order valence-electron chi connectivity index (χ0n) is 10.8. The zero-order chi connectivity index (χ0) is 14.4. The lowest BCUT2D eigenvalue weighted by Gasteiger charge is -2.20. The quantitative estimate of drug-likeness (QED) is 0.755. The summed E-state index contributed by atoms with van der Waals surface area (Å²) in [6.45, 7) is 2.91. The summed E-state index contributed by atoms with van der Waals surface area (Å²) < 4.78 is 0. The summed E-state index contributed by atoms with van der Waals surface area (Å²) in [5, 5.41) is 15.6. The van der Waals surface area contributed by atoms with Gasteiger partial charge in [-0.1, -0.05) is 23.7 Å². The highest BCUT2D eigenvalue weighted by Gasteiger charge is 2.18. The molecule has 0 spiro atoms. The molecule has 0 saturated carbocycles. The molecule has 2 amide bonds. The number of carbonyl (C=O) groups is 2. The maximum Gasteiger partial charge on any atom is 0.239 e. The largest absolute Gasteiger partial charge is 0.386 e. The molecule has 19 heavy (non-hydrogen) atoms. The molecule has 0 aromatic heterocycles. The molecule has 3 N–H and O–H groups in total. The number of carbonyl (C=O) groups excluding carboxylic acids is 2. The first-order valence-electron chi connectivity index (χ1n) is 5.87. The molecule has 6 heteroatoms. The second-order valence-electron chi connectivity index (χ2n) is 4.26. The van der Waals surface area contributed by atoms with E-state index in [4.69, 9.17) is 11.6 Å². The topological polar surface area (TPSA) is 78.4 Å². The summed E-state index contributed by atoms with van der Waals surface area (Å²) in [6.07, 6.45) is -0.835. The van der Waals surface area contributed by atoms with Crippen molar-refractivity contribution < 1.29 is 14.7 Å². The molecule has 2 unspecified atom stereocenters. The van der Waals surface area contributed by atoms with Crippen LogP contribution in [0.4, 0.5) is 0 Å². The first-order valence-corrected chi connectivity index (χ1v) is 6.25. The van der Waals surface area contributed by atoms with Gasteiger partial charge in [-0.25, -0.2) is 0 Å². The van der Waals surface area contributed by atoms with E-state index in [9.17, 15) is 14.7 Å². The van der Waals surface area contributed by atoms with Crippen LogP contribution in [0.25, 0.3) is 0 Å². The molecule has 0 radical (unpaired) electrons. The van der Waals surface area contributed by atoms with Gasteiger partial charge in [-0.05, 0) is 24.6 Å². The molecule has 0 saturated heterocycles. The average Bonchev–Trinajstić information content (AvgIpc) is 2.36. The minimum atomic E-state index is -0.835. The van der Waals surface area contributed by atoms with E-state index in [0.29, 0.717) is 10.6 Å². The fourth-order valence-electron chi connectivity index (χ4n) is 1.54. The second-order valence-corrected chi connectivity index (χ2v) is 4.70. The van der Waals surface area contributed by atoms with Crippen molar-refractivity contribution >= 4 is 23.4 Å². The first-order chi connectivity index (χ1) is 8.90. The Bertz CT molecular complexity index is 448. The number of aliphatic hydroxyl groups excluding tert-OH is 1. The van der Waals surface area contributed by atoms with Crippen LogP contribution in [0.5, 0.6) is 0 Å². The van der Waals surface area contributed by atoms with E-state index in [-0.39, 0.29) is 18.4 Å². The average molecular weight is 285 g/mol. The Balaban J connectivity index is 2.52. The van der Waals surface area contributed by atoms with Gasteiger partial charge in [0, 0.05) is 11.9 Å². The highest BCUT2D eigenvalue weighted by molar-refractivity contribution is 6.30. The Morgan fingerprint density at radius 3 is 2.42 bits per heavy atom. The zero-order valence-corrected chi connectivity index (χ0v) is 11.6. The smallest absolute Gasteiger partial charge is 0.239 e. The number of halogens is 1. The fraction of sp³-hybridized carbons (Fsp3) is 0.385.